The minimum absolute atomic E-state index is 0.152. The van der Waals surface area contributed by atoms with Crippen molar-refractivity contribution < 1.29 is 4.79 Å². The normalized spacial score (nSPS) is 10.4. The van der Waals surface area contributed by atoms with Gasteiger partial charge in [-0.2, -0.15) is 5.10 Å². The Morgan fingerprint density at radius 2 is 1.75 bits per heavy atom. The Morgan fingerprint density at radius 1 is 1.04 bits per heavy atom. The summed E-state index contributed by atoms with van der Waals surface area (Å²) in [5.41, 5.74) is 2.98. The van der Waals surface area contributed by atoms with E-state index in [0.29, 0.717) is 11.4 Å². The second-order valence-electron chi connectivity index (χ2n) is 5.36. The Balaban J connectivity index is 1.80. The minimum Gasteiger partial charge on any atom is -0.324 e. The van der Waals surface area contributed by atoms with E-state index in [-0.39, 0.29) is 18.0 Å². The summed E-state index contributed by atoms with van der Waals surface area (Å²) in [7, 11) is 0. The molecule has 6 nitrogen and oxygen atoms in total. The number of carbonyl (C=O) groups excluding carboxylic acids is 1. The molecule has 0 bridgehead atoms. The highest BCUT2D eigenvalue weighted by Crippen LogP contribution is 2.15. The van der Waals surface area contributed by atoms with Crippen LogP contribution >= 0.6 is 0 Å². The number of aryl methyl sites for hydroxylation is 1. The van der Waals surface area contributed by atoms with Gasteiger partial charge in [-0.15, -0.1) is 0 Å². The third-order valence-corrected chi connectivity index (χ3v) is 3.47. The van der Waals surface area contributed by atoms with E-state index < -0.39 is 0 Å². The van der Waals surface area contributed by atoms with E-state index in [1.54, 1.807) is 30.6 Å². The van der Waals surface area contributed by atoms with Gasteiger partial charge in [-0.1, -0.05) is 29.8 Å². The predicted molar refractivity (Wildman–Crippen MR) is 91.5 cm³/mol. The standard InChI is InChI=1S/C18H16N4O2/c1-13-2-4-14(5-3-13)16-6-7-18(24)22(21-16)12-17(23)20-15-8-10-19-11-9-15/h2-11H,12H2,1H3,(H,19,20,23). The third kappa shape index (κ3) is 3.73. The third-order valence-electron chi connectivity index (χ3n) is 3.47. The van der Waals surface area contributed by atoms with E-state index in [9.17, 15) is 9.59 Å². The van der Waals surface area contributed by atoms with Crippen LogP contribution in [-0.2, 0) is 11.3 Å². The largest absolute Gasteiger partial charge is 0.324 e. The lowest BCUT2D eigenvalue weighted by Gasteiger charge is -2.08. The molecule has 0 aliphatic heterocycles. The molecule has 0 spiro atoms. The first-order valence-electron chi connectivity index (χ1n) is 7.47. The predicted octanol–water partition coefficient (Wildman–Crippen LogP) is 2.25. The van der Waals surface area contributed by atoms with Crippen molar-refractivity contribution in [3.8, 4) is 11.3 Å². The Labute approximate surface area is 138 Å². The van der Waals surface area contributed by atoms with Gasteiger partial charge in [-0.05, 0) is 25.1 Å². The van der Waals surface area contributed by atoms with Crippen LogP contribution in [-0.4, -0.2) is 20.7 Å². The molecule has 1 N–H and O–H groups in total. The minimum atomic E-state index is -0.323. The summed E-state index contributed by atoms with van der Waals surface area (Å²) in [6, 6.07) is 14.2. The van der Waals surface area contributed by atoms with Gasteiger partial charge in [0.15, 0.2) is 0 Å². The SMILES string of the molecule is Cc1ccc(-c2ccc(=O)n(CC(=O)Nc3ccncc3)n2)cc1. The van der Waals surface area contributed by atoms with Gasteiger partial charge in [0.25, 0.3) is 5.56 Å². The Morgan fingerprint density at radius 3 is 2.46 bits per heavy atom. The van der Waals surface area contributed by atoms with Crippen molar-refractivity contribution in [1.29, 1.82) is 0 Å². The molecule has 3 aromatic rings. The number of rotatable bonds is 4. The van der Waals surface area contributed by atoms with Crippen LogP contribution in [0.2, 0.25) is 0 Å². The number of nitrogens with one attached hydrogen (secondary N) is 1. The van der Waals surface area contributed by atoms with Crippen molar-refractivity contribution in [2.75, 3.05) is 5.32 Å². The van der Waals surface area contributed by atoms with Crippen LogP contribution in [0.25, 0.3) is 11.3 Å². The number of anilines is 1. The van der Waals surface area contributed by atoms with Gasteiger partial charge in [0, 0.05) is 29.7 Å². The smallest absolute Gasteiger partial charge is 0.267 e. The van der Waals surface area contributed by atoms with E-state index >= 15 is 0 Å². The molecule has 0 saturated carbocycles. The number of amides is 1. The fourth-order valence-corrected chi connectivity index (χ4v) is 2.21. The summed E-state index contributed by atoms with van der Waals surface area (Å²) in [6.07, 6.45) is 3.16. The van der Waals surface area contributed by atoms with E-state index in [0.717, 1.165) is 15.8 Å². The monoisotopic (exact) mass is 320 g/mol. The van der Waals surface area contributed by atoms with Gasteiger partial charge >= 0.3 is 0 Å². The van der Waals surface area contributed by atoms with Crippen LogP contribution in [0, 0.1) is 6.92 Å². The molecule has 24 heavy (non-hydrogen) atoms. The summed E-state index contributed by atoms with van der Waals surface area (Å²) < 4.78 is 1.16. The average Bonchev–Trinajstić information content (AvgIpc) is 2.58. The number of pyridine rings is 1. The molecule has 0 atom stereocenters. The van der Waals surface area contributed by atoms with Crippen molar-refractivity contribution in [2.24, 2.45) is 0 Å². The lowest BCUT2D eigenvalue weighted by Crippen LogP contribution is -2.29. The van der Waals surface area contributed by atoms with Gasteiger partial charge in [0.1, 0.15) is 6.54 Å². The molecule has 120 valence electrons. The van der Waals surface area contributed by atoms with Crippen molar-refractivity contribution >= 4 is 11.6 Å². The average molecular weight is 320 g/mol. The molecule has 1 amide bonds. The van der Waals surface area contributed by atoms with Crippen LogP contribution in [0.4, 0.5) is 5.69 Å². The second kappa shape index (κ2) is 6.87. The Hall–Kier alpha value is -3.28. The topological polar surface area (TPSA) is 76.9 Å². The van der Waals surface area contributed by atoms with Crippen LogP contribution < -0.4 is 10.9 Å². The van der Waals surface area contributed by atoms with E-state index in [2.05, 4.69) is 15.4 Å². The summed E-state index contributed by atoms with van der Waals surface area (Å²) in [5.74, 6) is -0.322. The van der Waals surface area contributed by atoms with Gasteiger partial charge in [-0.25, -0.2) is 4.68 Å². The van der Waals surface area contributed by atoms with E-state index in [4.69, 9.17) is 0 Å². The first-order valence-corrected chi connectivity index (χ1v) is 7.47. The molecular weight excluding hydrogens is 304 g/mol. The highest BCUT2D eigenvalue weighted by Gasteiger charge is 2.08. The molecule has 0 aliphatic carbocycles. The van der Waals surface area contributed by atoms with Gasteiger partial charge < -0.3 is 5.32 Å². The molecule has 0 saturated heterocycles. The Kier molecular flexibility index (Phi) is 4.47. The van der Waals surface area contributed by atoms with Crippen molar-refractivity contribution in [1.82, 2.24) is 14.8 Å². The number of nitrogens with zero attached hydrogens (tertiary/aromatic N) is 3. The molecule has 6 heteroatoms. The van der Waals surface area contributed by atoms with Crippen LogP contribution in [0.1, 0.15) is 5.56 Å². The molecule has 3 rings (SSSR count). The molecule has 0 aliphatic rings. The lowest BCUT2D eigenvalue weighted by molar-refractivity contribution is -0.117. The molecular formula is C18H16N4O2. The molecule has 1 aromatic carbocycles. The number of hydrogen-bond acceptors (Lipinski definition) is 4. The molecule has 2 heterocycles. The molecule has 2 aromatic heterocycles. The van der Waals surface area contributed by atoms with Crippen molar-refractivity contribution in [3.05, 3.63) is 76.8 Å². The highest BCUT2D eigenvalue weighted by atomic mass is 16.2. The van der Waals surface area contributed by atoms with Gasteiger partial charge in [-0.3, -0.25) is 14.6 Å². The van der Waals surface area contributed by atoms with Gasteiger partial charge in [0.2, 0.25) is 5.91 Å². The number of aromatic nitrogens is 3. The summed E-state index contributed by atoms with van der Waals surface area (Å²) >= 11 is 0. The Bertz CT molecular complexity index is 902. The number of hydrogen-bond donors (Lipinski definition) is 1. The van der Waals surface area contributed by atoms with E-state index in [1.165, 1.54) is 6.07 Å². The van der Waals surface area contributed by atoms with Crippen LogP contribution in [0.3, 0.4) is 0 Å². The first kappa shape index (κ1) is 15.6. The van der Waals surface area contributed by atoms with Crippen LogP contribution in [0.5, 0.6) is 0 Å². The first-order chi connectivity index (χ1) is 11.6. The molecule has 0 radical (unpaired) electrons. The number of benzene rings is 1. The zero-order chi connectivity index (χ0) is 16.9. The van der Waals surface area contributed by atoms with Crippen LogP contribution in [0.15, 0.2) is 65.7 Å². The zero-order valence-electron chi connectivity index (χ0n) is 13.1. The maximum atomic E-state index is 12.1. The maximum Gasteiger partial charge on any atom is 0.267 e. The fraction of sp³-hybridized carbons (Fsp3) is 0.111. The van der Waals surface area contributed by atoms with Crippen molar-refractivity contribution in [2.45, 2.75) is 13.5 Å². The highest BCUT2D eigenvalue weighted by molar-refractivity contribution is 5.90. The zero-order valence-corrected chi connectivity index (χ0v) is 13.1. The quantitative estimate of drug-likeness (QED) is 0.800. The lowest BCUT2D eigenvalue weighted by atomic mass is 10.1. The summed E-state index contributed by atoms with van der Waals surface area (Å²) in [5, 5.41) is 6.99. The summed E-state index contributed by atoms with van der Waals surface area (Å²) in [6.45, 7) is 1.85. The summed E-state index contributed by atoms with van der Waals surface area (Å²) in [4.78, 5) is 27.9. The van der Waals surface area contributed by atoms with E-state index in [1.807, 2.05) is 31.2 Å². The second-order valence-corrected chi connectivity index (χ2v) is 5.36. The molecule has 0 fully saturated rings. The maximum absolute atomic E-state index is 12.1. The molecule has 0 unspecified atom stereocenters. The van der Waals surface area contributed by atoms with Crippen molar-refractivity contribution in [3.63, 3.8) is 0 Å². The fourth-order valence-electron chi connectivity index (χ4n) is 2.21. The van der Waals surface area contributed by atoms with Gasteiger partial charge in [0.05, 0.1) is 5.69 Å². The number of carbonyl (C=O) groups is 1.